The largest absolute Gasteiger partial charge is 0.367 e. The van der Waals surface area contributed by atoms with E-state index < -0.39 is 0 Å². The van der Waals surface area contributed by atoms with Crippen LogP contribution in [0, 0.1) is 4.77 Å². The Labute approximate surface area is 121 Å². The highest BCUT2D eigenvalue weighted by Gasteiger charge is 2.20. The van der Waals surface area contributed by atoms with Crippen molar-refractivity contribution in [3.63, 3.8) is 0 Å². The maximum Gasteiger partial charge on any atom is 0.204 e. The number of nitrogens with one attached hydrogen (secondary N) is 1. The van der Waals surface area contributed by atoms with Crippen molar-refractivity contribution < 1.29 is 0 Å². The Bertz CT molecular complexity index is 833. The highest BCUT2D eigenvalue weighted by atomic mass is 32.1. The van der Waals surface area contributed by atoms with Crippen LogP contribution in [0.4, 0.5) is 5.69 Å². The highest BCUT2D eigenvalue weighted by Crippen LogP contribution is 2.31. The zero-order chi connectivity index (χ0) is 13.5. The Morgan fingerprint density at radius 1 is 1.00 bits per heavy atom. The van der Waals surface area contributed by atoms with E-state index in [0.29, 0.717) is 11.4 Å². The van der Waals surface area contributed by atoms with Crippen molar-refractivity contribution in [2.24, 2.45) is 0 Å². The number of fused-ring (bicyclic) bond motifs is 3. The van der Waals surface area contributed by atoms with Crippen molar-refractivity contribution in [3.05, 3.63) is 59.4 Å². The molecular weight excluding hydrogens is 268 g/mol. The van der Waals surface area contributed by atoms with Gasteiger partial charge in [0.2, 0.25) is 4.77 Å². The zero-order valence-electron chi connectivity index (χ0n) is 10.7. The summed E-state index contributed by atoms with van der Waals surface area (Å²) in [4.78, 5) is 0. The van der Waals surface area contributed by atoms with Gasteiger partial charge in [0.15, 0.2) is 5.82 Å². The lowest BCUT2D eigenvalue weighted by molar-refractivity contribution is 0.744. The molecule has 20 heavy (non-hydrogen) atoms. The average Bonchev–Trinajstić information content (AvgIpc) is 2.86. The van der Waals surface area contributed by atoms with Crippen molar-refractivity contribution in [2.75, 3.05) is 5.32 Å². The van der Waals surface area contributed by atoms with Crippen molar-refractivity contribution in [1.29, 1.82) is 0 Å². The van der Waals surface area contributed by atoms with Crippen LogP contribution in [-0.4, -0.2) is 14.3 Å². The molecule has 2 heterocycles. The van der Waals surface area contributed by atoms with Gasteiger partial charge in [-0.25, -0.2) is 4.68 Å². The third-order valence-electron chi connectivity index (χ3n) is 3.46. The minimum atomic E-state index is 0.651. The molecule has 0 unspecified atom stereocenters. The van der Waals surface area contributed by atoms with Gasteiger partial charge in [0, 0.05) is 11.3 Å². The maximum atomic E-state index is 5.55. The molecule has 98 valence electrons. The van der Waals surface area contributed by atoms with E-state index in [1.807, 2.05) is 51.7 Å². The van der Waals surface area contributed by atoms with Crippen LogP contribution < -0.4 is 5.32 Å². The van der Waals surface area contributed by atoms with Crippen LogP contribution >= 0.6 is 12.2 Å². The normalized spacial score (nSPS) is 12.4. The Kier molecular flexibility index (Phi) is 2.47. The quantitative estimate of drug-likeness (QED) is 0.693. The number of rotatable bonds is 1. The van der Waals surface area contributed by atoms with E-state index in [9.17, 15) is 0 Å². The highest BCUT2D eigenvalue weighted by molar-refractivity contribution is 7.71. The molecule has 0 amide bonds. The molecule has 3 aromatic rings. The molecule has 1 N–H and O–H groups in total. The molecule has 0 spiro atoms. The fourth-order valence-corrected chi connectivity index (χ4v) is 2.77. The predicted molar refractivity (Wildman–Crippen MR) is 81.4 cm³/mol. The first-order valence-electron chi connectivity index (χ1n) is 6.43. The molecule has 4 nitrogen and oxygen atoms in total. The molecule has 2 aromatic carbocycles. The summed E-state index contributed by atoms with van der Waals surface area (Å²) in [6.45, 7) is 0.651. The molecule has 0 bridgehead atoms. The van der Waals surface area contributed by atoms with Crippen molar-refractivity contribution in [2.45, 2.75) is 6.67 Å². The topological polar surface area (TPSA) is 34.8 Å². The molecule has 4 rings (SSSR count). The molecule has 0 saturated carbocycles. The van der Waals surface area contributed by atoms with E-state index in [4.69, 9.17) is 17.3 Å². The van der Waals surface area contributed by atoms with Crippen LogP contribution in [0.15, 0.2) is 54.6 Å². The van der Waals surface area contributed by atoms with E-state index in [2.05, 4.69) is 17.4 Å². The fraction of sp³-hybridized carbons (Fsp3) is 0.0667. The molecule has 5 heteroatoms. The van der Waals surface area contributed by atoms with Gasteiger partial charge in [0.05, 0.1) is 12.4 Å². The van der Waals surface area contributed by atoms with Gasteiger partial charge < -0.3 is 5.32 Å². The van der Waals surface area contributed by atoms with E-state index in [0.717, 1.165) is 22.8 Å². The van der Waals surface area contributed by atoms with Gasteiger partial charge in [-0.1, -0.05) is 30.3 Å². The number of hydrogen-bond acceptors (Lipinski definition) is 3. The van der Waals surface area contributed by atoms with Gasteiger partial charge >= 0.3 is 0 Å². The van der Waals surface area contributed by atoms with E-state index in [1.165, 1.54) is 0 Å². The number of nitrogens with zero attached hydrogens (tertiary/aromatic N) is 3. The van der Waals surface area contributed by atoms with Crippen LogP contribution in [0.1, 0.15) is 0 Å². The third kappa shape index (κ3) is 1.60. The first-order valence-corrected chi connectivity index (χ1v) is 6.84. The molecule has 0 saturated heterocycles. The van der Waals surface area contributed by atoms with Crippen molar-refractivity contribution >= 4 is 17.9 Å². The van der Waals surface area contributed by atoms with E-state index in [-0.39, 0.29) is 0 Å². The van der Waals surface area contributed by atoms with Gasteiger partial charge in [-0.2, -0.15) is 0 Å². The second-order valence-electron chi connectivity index (χ2n) is 4.66. The van der Waals surface area contributed by atoms with Crippen LogP contribution in [0.2, 0.25) is 0 Å². The summed E-state index contributed by atoms with van der Waals surface area (Å²) in [5.41, 5.74) is 3.16. The summed E-state index contributed by atoms with van der Waals surface area (Å²) in [6, 6.07) is 18.1. The summed E-state index contributed by atoms with van der Waals surface area (Å²) >= 11 is 5.55. The van der Waals surface area contributed by atoms with Crippen LogP contribution in [0.3, 0.4) is 0 Å². The van der Waals surface area contributed by atoms with Crippen molar-refractivity contribution in [3.8, 4) is 17.1 Å². The number of benzene rings is 2. The van der Waals surface area contributed by atoms with Crippen LogP contribution in [-0.2, 0) is 6.67 Å². The maximum absolute atomic E-state index is 5.55. The fourth-order valence-electron chi connectivity index (χ4n) is 2.47. The van der Waals surface area contributed by atoms with Gasteiger partial charge in [-0.15, -0.1) is 5.10 Å². The Balaban J connectivity index is 1.97. The van der Waals surface area contributed by atoms with Gasteiger partial charge in [0.1, 0.15) is 0 Å². The second-order valence-corrected chi connectivity index (χ2v) is 5.03. The van der Waals surface area contributed by atoms with Gasteiger partial charge in [-0.05, 0) is 36.5 Å². The number of aromatic nitrogens is 3. The summed E-state index contributed by atoms with van der Waals surface area (Å²) in [6.07, 6.45) is 0. The number of anilines is 1. The first-order chi connectivity index (χ1) is 9.84. The smallest absolute Gasteiger partial charge is 0.204 e. The molecule has 0 fully saturated rings. The monoisotopic (exact) mass is 280 g/mol. The third-order valence-corrected chi connectivity index (χ3v) is 3.85. The van der Waals surface area contributed by atoms with Crippen LogP contribution in [0.25, 0.3) is 17.1 Å². The molecule has 1 aliphatic heterocycles. The molecule has 0 aliphatic carbocycles. The van der Waals surface area contributed by atoms with E-state index in [1.54, 1.807) is 0 Å². The van der Waals surface area contributed by atoms with Crippen LogP contribution in [0.5, 0.6) is 0 Å². The lowest BCUT2D eigenvalue weighted by atomic mass is 10.1. The lowest BCUT2D eigenvalue weighted by Crippen LogP contribution is -2.15. The minimum absolute atomic E-state index is 0.651. The second kappa shape index (κ2) is 4.31. The Hall–Kier alpha value is -2.40. The predicted octanol–water partition coefficient (Wildman–Crippen LogP) is 3.45. The minimum Gasteiger partial charge on any atom is -0.367 e. The van der Waals surface area contributed by atoms with E-state index >= 15 is 0 Å². The zero-order valence-corrected chi connectivity index (χ0v) is 11.5. The number of hydrogen-bond donors (Lipinski definition) is 1. The van der Waals surface area contributed by atoms with Crippen molar-refractivity contribution in [1.82, 2.24) is 14.3 Å². The standard InChI is InChI=1S/C15H12N4S/c20-15-18-10-16-13-9-5-4-8-12(13)14(18)17-19(15)11-6-2-1-3-7-11/h1-9,16H,10H2. The summed E-state index contributed by atoms with van der Waals surface area (Å²) < 4.78 is 4.53. The molecular formula is C15H12N4S. The molecule has 1 aromatic heterocycles. The van der Waals surface area contributed by atoms with Gasteiger partial charge in [0.25, 0.3) is 0 Å². The SMILES string of the molecule is S=c1n(-c2ccccc2)nc2n1CNc1ccccc1-2. The summed E-state index contributed by atoms with van der Waals surface area (Å²) in [7, 11) is 0. The molecule has 1 aliphatic rings. The molecule has 0 atom stereocenters. The molecule has 0 radical (unpaired) electrons. The Morgan fingerprint density at radius 3 is 2.60 bits per heavy atom. The Morgan fingerprint density at radius 2 is 1.75 bits per heavy atom. The lowest BCUT2D eigenvalue weighted by Gasteiger charge is -2.18. The average molecular weight is 280 g/mol. The number of para-hydroxylation sites is 2. The first kappa shape index (κ1) is 11.4. The summed E-state index contributed by atoms with van der Waals surface area (Å²) in [5.74, 6) is 0.910. The van der Waals surface area contributed by atoms with Gasteiger partial charge in [-0.3, -0.25) is 4.57 Å². The summed E-state index contributed by atoms with van der Waals surface area (Å²) in [5, 5.41) is 8.06.